The van der Waals surface area contributed by atoms with Crippen LogP contribution in [0.2, 0.25) is 0 Å². The smallest absolute Gasteiger partial charge is 0.251 e. The van der Waals surface area contributed by atoms with Crippen molar-refractivity contribution in [2.24, 2.45) is 0 Å². The van der Waals surface area contributed by atoms with Gasteiger partial charge in [0, 0.05) is 11.1 Å². The standard InChI is InChI=1S/C26H30N2O5S/c1-18-8-6-7-9-21(18)17-28(34(5,30)31)22-12-10-20(11-13-22)26(29)27-19(2)24-16-23(32-3)14-15-25(24)33-4/h6-16,19H,17H2,1-5H3,(H,27,29)/t19-/m0/s1. The average Bonchev–Trinajstić information content (AvgIpc) is 2.82. The number of nitrogens with one attached hydrogen (secondary N) is 1. The molecule has 0 fully saturated rings. The zero-order valence-electron chi connectivity index (χ0n) is 20.0. The van der Waals surface area contributed by atoms with E-state index >= 15 is 0 Å². The maximum Gasteiger partial charge on any atom is 0.251 e. The third-order valence-electron chi connectivity index (χ3n) is 5.64. The Labute approximate surface area is 201 Å². The number of sulfonamides is 1. The van der Waals surface area contributed by atoms with Crippen LogP contribution >= 0.6 is 0 Å². The van der Waals surface area contributed by atoms with Gasteiger partial charge in [-0.2, -0.15) is 0 Å². The first-order chi connectivity index (χ1) is 16.1. The van der Waals surface area contributed by atoms with E-state index in [1.54, 1.807) is 50.6 Å². The molecule has 34 heavy (non-hydrogen) atoms. The number of carbonyl (C=O) groups excluding carboxylic acids is 1. The Hall–Kier alpha value is -3.52. The SMILES string of the molecule is COc1ccc(OC)c([C@H](C)NC(=O)c2ccc(N(Cc3ccccc3C)S(C)(=O)=O)cc2)c1. The molecule has 0 spiro atoms. The van der Waals surface area contributed by atoms with Gasteiger partial charge in [-0.15, -0.1) is 0 Å². The molecule has 3 aromatic carbocycles. The van der Waals surface area contributed by atoms with Crippen LogP contribution < -0.4 is 19.1 Å². The van der Waals surface area contributed by atoms with Crippen molar-refractivity contribution in [1.29, 1.82) is 0 Å². The summed E-state index contributed by atoms with van der Waals surface area (Å²) in [5.74, 6) is 1.02. The summed E-state index contributed by atoms with van der Waals surface area (Å²) in [4.78, 5) is 12.9. The van der Waals surface area contributed by atoms with E-state index in [4.69, 9.17) is 9.47 Å². The van der Waals surface area contributed by atoms with Gasteiger partial charge in [-0.25, -0.2) is 8.42 Å². The molecule has 180 valence electrons. The summed E-state index contributed by atoms with van der Waals surface area (Å²) in [6.45, 7) is 4.02. The highest BCUT2D eigenvalue weighted by atomic mass is 32.2. The predicted octanol–water partition coefficient (Wildman–Crippen LogP) is 4.47. The molecule has 0 radical (unpaired) electrons. The van der Waals surface area contributed by atoms with Crippen molar-refractivity contribution >= 4 is 21.6 Å². The molecule has 0 aliphatic rings. The molecular formula is C26H30N2O5S. The van der Waals surface area contributed by atoms with Gasteiger partial charge in [0.1, 0.15) is 11.5 Å². The molecule has 0 heterocycles. The van der Waals surface area contributed by atoms with E-state index < -0.39 is 10.0 Å². The molecule has 0 unspecified atom stereocenters. The lowest BCUT2D eigenvalue weighted by molar-refractivity contribution is 0.0939. The van der Waals surface area contributed by atoms with E-state index in [1.165, 1.54) is 10.6 Å². The van der Waals surface area contributed by atoms with Crippen LogP contribution in [0.15, 0.2) is 66.7 Å². The van der Waals surface area contributed by atoms with Crippen LogP contribution in [0.5, 0.6) is 11.5 Å². The van der Waals surface area contributed by atoms with Crippen molar-refractivity contribution in [3.05, 3.63) is 89.0 Å². The van der Waals surface area contributed by atoms with E-state index in [0.29, 0.717) is 22.7 Å². The highest BCUT2D eigenvalue weighted by Crippen LogP contribution is 2.29. The van der Waals surface area contributed by atoms with Crippen molar-refractivity contribution in [2.45, 2.75) is 26.4 Å². The monoisotopic (exact) mass is 482 g/mol. The molecule has 3 rings (SSSR count). The predicted molar refractivity (Wildman–Crippen MR) is 134 cm³/mol. The van der Waals surface area contributed by atoms with Crippen molar-refractivity contribution in [2.75, 3.05) is 24.8 Å². The molecule has 1 N–H and O–H groups in total. The minimum Gasteiger partial charge on any atom is -0.497 e. The van der Waals surface area contributed by atoms with E-state index in [1.807, 2.05) is 44.2 Å². The molecular weight excluding hydrogens is 452 g/mol. The lowest BCUT2D eigenvalue weighted by atomic mass is 10.1. The fourth-order valence-corrected chi connectivity index (χ4v) is 4.54. The molecule has 3 aromatic rings. The van der Waals surface area contributed by atoms with Gasteiger partial charge >= 0.3 is 0 Å². The van der Waals surface area contributed by atoms with Crippen LogP contribution in [0.25, 0.3) is 0 Å². The number of hydrogen-bond donors (Lipinski definition) is 1. The molecule has 0 saturated heterocycles. The molecule has 7 nitrogen and oxygen atoms in total. The van der Waals surface area contributed by atoms with Crippen molar-refractivity contribution in [3.8, 4) is 11.5 Å². The maximum atomic E-state index is 12.9. The van der Waals surface area contributed by atoms with E-state index in [9.17, 15) is 13.2 Å². The lowest BCUT2D eigenvalue weighted by Gasteiger charge is -2.24. The molecule has 0 saturated carbocycles. The summed E-state index contributed by atoms with van der Waals surface area (Å²) in [7, 11) is -0.377. The highest BCUT2D eigenvalue weighted by Gasteiger charge is 2.20. The minimum atomic E-state index is -3.53. The van der Waals surface area contributed by atoms with E-state index in [0.717, 1.165) is 16.7 Å². The first kappa shape index (κ1) is 25.1. The summed E-state index contributed by atoms with van der Waals surface area (Å²) in [5.41, 5.74) is 3.62. The van der Waals surface area contributed by atoms with Crippen LogP contribution in [-0.4, -0.2) is 34.8 Å². The van der Waals surface area contributed by atoms with Crippen molar-refractivity contribution in [3.63, 3.8) is 0 Å². The Morgan fingerprint density at radius 3 is 2.26 bits per heavy atom. The number of rotatable bonds is 9. The van der Waals surface area contributed by atoms with Crippen LogP contribution in [0.1, 0.15) is 40.0 Å². The molecule has 0 aliphatic carbocycles. The van der Waals surface area contributed by atoms with Gasteiger partial charge < -0.3 is 14.8 Å². The number of ether oxygens (including phenoxy) is 2. The molecule has 8 heteroatoms. The number of aryl methyl sites for hydroxylation is 1. The van der Waals surface area contributed by atoms with Gasteiger partial charge in [0.25, 0.3) is 5.91 Å². The summed E-state index contributed by atoms with van der Waals surface area (Å²) in [6.07, 6.45) is 1.18. The Balaban J connectivity index is 1.80. The third kappa shape index (κ3) is 5.88. The number of methoxy groups -OCH3 is 2. The third-order valence-corrected chi connectivity index (χ3v) is 6.78. The van der Waals surface area contributed by atoms with Gasteiger partial charge in [-0.1, -0.05) is 24.3 Å². The number of nitrogens with zero attached hydrogens (tertiary/aromatic N) is 1. The molecule has 1 atom stereocenters. The summed E-state index contributed by atoms with van der Waals surface area (Å²) in [6, 6.07) is 19.2. The van der Waals surface area contributed by atoms with Crippen LogP contribution in [0, 0.1) is 6.92 Å². The fourth-order valence-electron chi connectivity index (χ4n) is 3.66. The second-order valence-electron chi connectivity index (χ2n) is 8.05. The second kappa shape index (κ2) is 10.6. The van der Waals surface area contributed by atoms with Gasteiger partial charge in [0.15, 0.2) is 0 Å². The van der Waals surface area contributed by atoms with Crippen molar-refractivity contribution < 1.29 is 22.7 Å². The summed E-state index contributed by atoms with van der Waals surface area (Å²) < 4.78 is 37.0. The fraction of sp³-hybridized carbons (Fsp3) is 0.269. The second-order valence-corrected chi connectivity index (χ2v) is 9.95. The Kier molecular flexibility index (Phi) is 7.83. The first-order valence-electron chi connectivity index (χ1n) is 10.8. The molecule has 0 bridgehead atoms. The van der Waals surface area contributed by atoms with E-state index in [-0.39, 0.29) is 18.5 Å². The lowest BCUT2D eigenvalue weighted by Crippen LogP contribution is -2.30. The van der Waals surface area contributed by atoms with Gasteiger partial charge in [-0.05, 0) is 67.4 Å². The average molecular weight is 483 g/mol. The van der Waals surface area contributed by atoms with E-state index in [2.05, 4.69) is 5.32 Å². The zero-order chi connectivity index (χ0) is 24.9. The highest BCUT2D eigenvalue weighted by molar-refractivity contribution is 7.92. The van der Waals surface area contributed by atoms with Crippen LogP contribution in [0.3, 0.4) is 0 Å². The normalized spacial score (nSPS) is 12.0. The number of hydrogen-bond acceptors (Lipinski definition) is 5. The number of benzene rings is 3. The Bertz CT molecular complexity index is 1260. The number of anilines is 1. The molecule has 1 amide bonds. The van der Waals surface area contributed by atoms with Crippen molar-refractivity contribution in [1.82, 2.24) is 5.32 Å². The number of carbonyl (C=O) groups is 1. The summed E-state index contributed by atoms with van der Waals surface area (Å²) in [5, 5.41) is 2.96. The van der Waals surface area contributed by atoms with Crippen LogP contribution in [-0.2, 0) is 16.6 Å². The summed E-state index contributed by atoms with van der Waals surface area (Å²) >= 11 is 0. The Morgan fingerprint density at radius 1 is 1.00 bits per heavy atom. The topological polar surface area (TPSA) is 84.9 Å². The number of amides is 1. The van der Waals surface area contributed by atoms with Crippen LogP contribution in [0.4, 0.5) is 5.69 Å². The minimum absolute atomic E-state index is 0.212. The van der Waals surface area contributed by atoms with Gasteiger partial charge in [-0.3, -0.25) is 9.10 Å². The van der Waals surface area contributed by atoms with Gasteiger partial charge in [0.05, 0.1) is 38.7 Å². The molecule has 0 aliphatic heterocycles. The zero-order valence-corrected chi connectivity index (χ0v) is 20.8. The largest absolute Gasteiger partial charge is 0.497 e. The quantitative estimate of drug-likeness (QED) is 0.486. The van der Waals surface area contributed by atoms with Gasteiger partial charge in [0.2, 0.25) is 10.0 Å². The maximum absolute atomic E-state index is 12.9. The first-order valence-corrected chi connectivity index (χ1v) is 12.6. The molecule has 0 aromatic heterocycles. The Morgan fingerprint density at radius 2 is 1.68 bits per heavy atom.